The third-order valence-corrected chi connectivity index (χ3v) is 6.60. The summed E-state index contributed by atoms with van der Waals surface area (Å²) in [6.07, 6.45) is 0. The van der Waals surface area contributed by atoms with E-state index in [-0.39, 0.29) is 5.91 Å². The van der Waals surface area contributed by atoms with E-state index in [1.807, 2.05) is 23.5 Å². The van der Waals surface area contributed by atoms with Crippen molar-refractivity contribution in [3.63, 3.8) is 0 Å². The van der Waals surface area contributed by atoms with Crippen LogP contribution in [0.4, 0.5) is 0 Å². The summed E-state index contributed by atoms with van der Waals surface area (Å²) in [5.41, 5.74) is 0.531. The molecule has 0 unspecified atom stereocenters. The SMILES string of the molecule is C=C(C)C(=O)NCCNC(=S)SC1CSCSC1. The molecule has 0 bridgehead atoms. The Hall–Kier alpha value is 0.150. The van der Waals surface area contributed by atoms with Crippen LogP contribution < -0.4 is 10.6 Å². The lowest BCUT2D eigenvalue weighted by Crippen LogP contribution is -2.34. The highest BCUT2D eigenvalue weighted by atomic mass is 32.2. The Morgan fingerprint density at radius 2 is 2.00 bits per heavy atom. The van der Waals surface area contributed by atoms with Crippen LogP contribution >= 0.6 is 47.5 Å². The van der Waals surface area contributed by atoms with Gasteiger partial charge in [-0.3, -0.25) is 4.79 Å². The van der Waals surface area contributed by atoms with E-state index in [0.29, 0.717) is 23.9 Å². The summed E-state index contributed by atoms with van der Waals surface area (Å²) in [5, 5.41) is 7.73. The van der Waals surface area contributed by atoms with Gasteiger partial charge in [0.05, 0.1) is 0 Å². The van der Waals surface area contributed by atoms with E-state index < -0.39 is 0 Å². The number of carbonyl (C=O) groups is 1. The second kappa shape index (κ2) is 9.12. The predicted molar refractivity (Wildman–Crippen MR) is 89.6 cm³/mol. The Balaban J connectivity index is 2.06. The van der Waals surface area contributed by atoms with Gasteiger partial charge >= 0.3 is 0 Å². The van der Waals surface area contributed by atoms with E-state index >= 15 is 0 Å². The third-order valence-electron chi connectivity index (χ3n) is 2.12. The highest BCUT2D eigenvalue weighted by Gasteiger charge is 2.16. The number of rotatable bonds is 5. The minimum absolute atomic E-state index is 0.101. The van der Waals surface area contributed by atoms with Crippen LogP contribution in [0.25, 0.3) is 0 Å². The van der Waals surface area contributed by atoms with E-state index in [1.165, 1.54) is 16.6 Å². The number of hydrogen-bond acceptors (Lipinski definition) is 5. The van der Waals surface area contributed by atoms with Gasteiger partial charge in [-0.05, 0) is 6.92 Å². The fourth-order valence-corrected chi connectivity index (χ4v) is 5.49. The number of thioether (sulfide) groups is 3. The summed E-state index contributed by atoms with van der Waals surface area (Å²) in [6, 6.07) is 0. The molecule has 0 atom stereocenters. The molecule has 102 valence electrons. The van der Waals surface area contributed by atoms with Gasteiger partial charge in [0, 0.05) is 40.5 Å². The lowest BCUT2D eigenvalue weighted by atomic mass is 10.3. The van der Waals surface area contributed by atoms with Gasteiger partial charge < -0.3 is 10.6 Å². The van der Waals surface area contributed by atoms with E-state index in [0.717, 1.165) is 4.32 Å². The number of carbonyl (C=O) groups excluding carboxylic acids is 1. The fraction of sp³-hybridized carbons (Fsp3) is 0.636. The lowest BCUT2D eigenvalue weighted by Gasteiger charge is -2.20. The molecule has 3 nitrogen and oxygen atoms in total. The van der Waals surface area contributed by atoms with Crippen molar-refractivity contribution in [3.05, 3.63) is 12.2 Å². The van der Waals surface area contributed by atoms with Crippen LogP contribution in [0, 0.1) is 0 Å². The Bertz CT molecular complexity index is 316. The molecule has 0 aromatic carbocycles. The summed E-state index contributed by atoms with van der Waals surface area (Å²) in [4.78, 5) is 11.2. The van der Waals surface area contributed by atoms with Gasteiger partial charge in [-0.1, -0.05) is 30.6 Å². The van der Waals surface area contributed by atoms with Crippen molar-refractivity contribution in [1.29, 1.82) is 0 Å². The molecule has 1 amide bonds. The smallest absolute Gasteiger partial charge is 0.246 e. The lowest BCUT2D eigenvalue weighted by molar-refractivity contribution is -0.117. The topological polar surface area (TPSA) is 41.1 Å². The molecule has 0 aromatic heterocycles. The minimum Gasteiger partial charge on any atom is -0.369 e. The molecule has 0 saturated carbocycles. The summed E-state index contributed by atoms with van der Waals surface area (Å²) < 4.78 is 0.827. The number of amides is 1. The fourth-order valence-electron chi connectivity index (χ4n) is 1.22. The number of nitrogens with one attached hydrogen (secondary N) is 2. The molecule has 1 saturated heterocycles. The Kier molecular flexibility index (Phi) is 8.21. The summed E-state index contributed by atoms with van der Waals surface area (Å²) >= 11 is 10.9. The van der Waals surface area contributed by atoms with Gasteiger partial charge in [0.1, 0.15) is 4.32 Å². The maximum absolute atomic E-state index is 11.2. The minimum atomic E-state index is -0.101. The molecule has 0 radical (unpaired) electrons. The summed E-state index contributed by atoms with van der Waals surface area (Å²) in [6.45, 7) is 6.51. The van der Waals surface area contributed by atoms with E-state index in [4.69, 9.17) is 12.2 Å². The maximum Gasteiger partial charge on any atom is 0.246 e. The van der Waals surface area contributed by atoms with Gasteiger partial charge in [0.2, 0.25) is 5.91 Å². The first-order chi connectivity index (χ1) is 8.59. The second-order valence-corrected chi connectivity index (χ2v) is 8.25. The molecule has 1 heterocycles. The first-order valence-corrected chi connectivity index (χ1v) is 9.23. The predicted octanol–water partition coefficient (Wildman–Crippen LogP) is 2.09. The highest BCUT2D eigenvalue weighted by molar-refractivity contribution is 8.25. The average molecular weight is 323 g/mol. The zero-order valence-corrected chi connectivity index (χ0v) is 13.6. The largest absolute Gasteiger partial charge is 0.369 e. The van der Waals surface area contributed by atoms with Crippen molar-refractivity contribution in [1.82, 2.24) is 10.6 Å². The van der Waals surface area contributed by atoms with Gasteiger partial charge in [-0.15, -0.1) is 23.5 Å². The number of thiocarbonyl (C=S) groups is 1. The zero-order chi connectivity index (χ0) is 13.4. The monoisotopic (exact) mass is 322 g/mol. The second-order valence-electron chi connectivity index (χ2n) is 3.85. The van der Waals surface area contributed by atoms with Crippen LogP contribution in [-0.2, 0) is 4.79 Å². The standard InChI is InChI=1S/C11H18N2OS4/c1-8(2)10(14)12-3-4-13-11(15)18-9-5-16-7-17-6-9/h9H,1,3-7H2,2H3,(H,12,14)(H,13,15). The van der Waals surface area contributed by atoms with Crippen molar-refractivity contribution in [2.45, 2.75) is 12.2 Å². The maximum atomic E-state index is 11.2. The van der Waals surface area contributed by atoms with Crippen LogP contribution in [-0.4, -0.2) is 45.2 Å². The van der Waals surface area contributed by atoms with Crippen molar-refractivity contribution < 1.29 is 4.79 Å². The quantitative estimate of drug-likeness (QED) is 0.459. The molecule has 1 rings (SSSR count). The van der Waals surface area contributed by atoms with E-state index in [1.54, 1.807) is 18.7 Å². The Labute approximate surface area is 127 Å². The molecule has 1 aliphatic rings. The zero-order valence-electron chi connectivity index (χ0n) is 10.4. The molecule has 18 heavy (non-hydrogen) atoms. The van der Waals surface area contributed by atoms with Crippen molar-refractivity contribution in [2.24, 2.45) is 0 Å². The van der Waals surface area contributed by atoms with Gasteiger partial charge in [0.25, 0.3) is 0 Å². The van der Waals surface area contributed by atoms with E-state index in [2.05, 4.69) is 17.2 Å². The Morgan fingerprint density at radius 1 is 1.39 bits per heavy atom. The molecule has 1 fully saturated rings. The van der Waals surface area contributed by atoms with Crippen molar-refractivity contribution in [2.75, 3.05) is 29.7 Å². The van der Waals surface area contributed by atoms with Crippen LogP contribution in [0.1, 0.15) is 6.92 Å². The van der Waals surface area contributed by atoms with Gasteiger partial charge in [-0.25, -0.2) is 0 Å². The van der Waals surface area contributed by atoms with Crippen LogP contribution in [0.2, 0.25) is 0 Å². The normalized spacial score (nSPS) is 16.1. The van der Waals surface area contributed by atoms with Crippen LogP contribution in [0.15, 0.2) is 12.2 Å². The first kappa shape index (κ1) is 16.2. The van der Waals surface area contributed by atoms with Gasteiger partial charge in [0.15, 0.2) is 0 Å². The molecular weight excluding hydrogens is 304 g/mol. The molecular formula is C11H18N2OS4. The average Bonchev–Trinajstić information content (AvgIpc) is 2.35. The van der Waals surface area contributed by atoms with Crippen molar-refractivity contribution >= 4 is 57.7 Å². The molecule has 7 heteroatoms. The van der Waals surface area contributed by atoms with E-state index in [9.17, 15) is 4.79 Å². The molecule has 0 aliphatic carbocycles. The molecule has 2 N–H and O–H groups in total. The summed E-state index contributed by atoms with van der Waals surface area (Å²) in [7, 11) is 0. The third kappa shape index (κ3) is 6.92. The first-order valence-electron chi connectivity index (χ1n) is 5.63. The summed E-state index contributed by atoms with van der Waals surface area (Å²) in [5.74, 6) is 2.24. The van der Waals surface area contributed by atoms with Crippen LogP contribution in [0.3, 0.4) is 0 Å². The van der Waals surface area contributed by atoms with Crippen molar-refractivity contribution in [3.8, 4) is 0 Å². The molecule has 0 aromatic rings. The van der Waals surface area contributed by atoms with Gasteiger partial charge in [-0.2, -0.15) is 0 Å². The molecule has 0 spiro atoms. The Morgan fingerprint density at radius 3 is 2.61 bits per heavy atom. The highest BCUT2D eigenvalue weighted by Crippen LogP contribution is 2.29. The number of hydrogen-bond donors (Lipinski definition) is 2. The molecule has 1 aliphatic heterocycles. The van der Waals surface area contributed by atoms with Crippen LogP contribution in [0.5, 0.6) is 0 Å².